The first-order valence-electron chi connectivity index (χ1n) is 11.0. The van der Waals surface area contributed by atoms with Crippen molar-refractivity contribution >= 4 is 5.95 Å². The molecule has 0 spiro atoms. The summed E-state index contributed by atoms with van der Waals surface area (Å²) < 4.78 is 13.4. The molecule has 4 rings (SSSR count). The zero-order valence-corrected chi connectivity index (χ0v) is 19.2. The number of nitrogens with two attached hydrogens (primary N) is 1. The Morgan fingerprint density at radius 3 is 2.15 bits per heavy atom. The van der Waals surface area contributed by atoms with Gasteiger partial charge in [-0.15, -0.1) is 0 Å². The summed E-state index contributed by atoms with van der Waals surface area (Å²) in [5.41, 5.74) is 9.79. The van der Waals surface area contributed by atoms with Gasteiger partial charge in [-0.3, -0.25) is 4.98 Å². The number of hydrogen-bond acceptors (Lipinski definition) is 5. The van der Waals surface area contributed by atoms with Crippen LogP contribution in [-0.4, -0.2) is 27.5 Å². The van der Waals surface area contributed by atoms with E-state index in [1.807, 2.05) is 44.2 Å². The summed E-state index contributed by atoms with van der Waals surface area (Å²) >= 11 is 0. The van der Waals surface area contributed by atoms with E-state index in [9.17, 15) is 4.39 Å². The van der Waals surface area contributed by atoms with E-state index in [4.69, 9.17) is 10.7 Å². The second-order valence-electron chi connectivity index (χ2n) is 8.14. The van der Waals surface area contributed by atoms with Crippen LogP contribution >= 0.6 is 0 Å². The molecule has 0 aliphatic rings. The van der Waals surface area contributed by atoms with Crippen molar-refractivity contribution in [1.29, 1.82) is 0 Å². The average molecular weight is 444 g/mol. The molecule has 6 heteroatoms. The molecule has 1 unspecified atom stereocenters. The average Bonchev–Trinajstić information content (AvgIpc) is 2.84. The molecule has 0 bridgehead atoms. The van der Waals surface area contributed by atoms with Crippen molar-refractivity contribution in [2.45, 2.75) is 32.7 Å². The topological polar surface area (TPSA) is 76.7 Å². The second kappa shape index (κ2) is 11.8. The molecule has 33 heavy (non-hydrogen) atoms. The summed E-state index contributed by atoms with van der Waals surface area (Å²) in [6, 6.07) is 20.9. The maximum absolute atomic E-state index is 13.4. The van der Waals surface area contributed by atoms with Gasteiger partial charge >= 0.3 is 0 Å². The fraction of sp³-hybridized carbons (Fsp3) is 0.222. The Balaban J connectivity index is 0.000000709. The zero-order chi connectivity index (χ0) is 23.6. The van der Waals surface area contributed by atoms with Gasteiger partial charge < -0.3 is 11.1 Å². The van der Waals surface area contributed by atoms with E-state index < -0.39 is 0 Å². The van der Waals surface area contributed by atoms with Crippen molar-refractivity contribution in [1.82, 2.24) is 15.0 Å². The van der Waals surface area contributed by atoms with Crippen molar-refractivity contribution in [2.75, 3.05) is 11.9 Å². The van der Waals surface area contributed by atoms with Crippen LogP contribution in [0.4, 0.5) is 10.3 Å². The van der Waals surface area contributed by atoms with Crippen molar-refractivity contribution in [3.05, 3.63) is 96.7 Å². The highest BCUT2D eigenvalue weighted by Gasteiger charge is 2.13. The first-order chi connectivity index (χ1) is 15.9. The van der Waals surface area contributed by atoms with E-state index in [0.717, 1.165) is 28.9 Å². The summed E-state index contributed by atoms with van der Waals surface area (Å²) in [5.74, 6) is 0.611. The highest BCUT2D eigenvalue weighted by atomic mass is 19.1. The summed E-state index contributed by atoms with van der Waals surface area (Å²) in [6.07, 6.45) is 5.25. The maximum Gasteiger partial charge on any atom is 0.223 e. The van der Waals surface area contributed by atoms with E-state index in [-0.39, 0.29) is 5.82 Å². The molecule has 0 amide bonds. The third kappa shape index (κ3) is 7.19. The molecular formula is C27H30FN5. The molecule has 1 atom stereocenters. The summed E-state index contributed by atoms with van der Waals surface area (Å²) in [7, 11) is 0. The van der Waals surface area contributed by atoms with Gasteiger partial charge in [-0.05, 0) is 47.4 Å². The third-order valence-electron chi connectivity index (χ3n) is 4.83. The van der Waals surface area contributed by atoms with Gasteiger partial charge in [0.15, 0.2) is 0 Å². The predicted molar refractivity (Wildman–Crippen MR) is 133 cm³/mol. The molecule has 170 valence electrons. The lowest BCUT2D eigenvalue weighted by Gasteiger charge is -2.15. The third-order valence-corrected chi connectivity index (χ3v) is 4.83. The first-order valence-corrected chi connectivity index (χ1v) is 11.0. The molecule has 2 aromatic heterocycles. The van der Waals surface area contributed by atoms with Crippen LogP contribution < -0.4 is 11.1 Å². The van der Waals surface area contributed by atoms with Gasteiger partial charge in [0, 0.05) is 36.3 Å². The van der Waals surface area contributed by atoms with E-state index in [1.54, 1.807) is 30.7 Å². The Morgan fingerprint density at radius 1 is 0.879 bits per heavy atom. The number of benzene rings is 2. The largest absolute Gasteiger partial charge is 0.354 e. The highest BCUT2D eigenvalue weighted by Crippen LogP contribution is 2.30. The number of hydrogen-bond donors (Lipinski definition) is 2. The minimum atomic E-state index is -0.270. The van der Waals surface area contributed by atoms with Crippen LogP contribution in [0.2, 0.25) is 0 Å². The van der Waals surface area contributed by atoms with Crippen molar-refractivity contribution < 1.29 is 4.39 Å². The number of pyridine rings is 1. The van der Waals surface area contributed by atoms with Gasteiger partial charge in [0.25, 0.3) is 0 Å². The molecule has 0 radical (unpaired) electrons. The summed E-state index contributed by atoms with van der Waals surface area (Å²) in [4.78, 5) is 13.4. The molecule has 0 aliphatic heterocycles. The minimum Gasteiger partial charge on any atom is -0.354 e. The standard InChI is InChI=1S/C24H21FN4.C3H9N/c1-17(18-5-3-2-4-6-18)15-27-24-28-16-22(19-7-9-21(25)10-8-19)23(29-24)20-11-13-26-14-12-20;1-3(2)4/h2-14,16-17H,15H2,1H3,(H,27,28,29);3H,4H2,1-2H3. The fourth-order valence-electron chi connectivity index (χ4n) is 3.18. The Labute approximate surface area is 195 Å². The normalized spacial score (nSPS) is 11.5. The number of nitrogens with zero attached hydrogens (tertiary/aromatic N) is 3. The monoisotopic (exact) mass is 443 g/mol. The molecule has 0 saturated carbocycles. The summed E-state index contributed by atoms with van der Waals surface area (Å²) in [5, 5.41) is 3.34. The lowest BCUT2D eigenvalue weighted by molar-refractivity contribution is 0.628. The van der Waals surface area contributed by atoms with Crippen molar-refractivity contribution in [3.8, 4) is 22.4 Å². The fourth-order valence-corrected chi connectivity index (χ4v) is 3.18. The molecular weight excluding hydrogens is 413 g/mol. The Hall–Kier alpha value is -3.64. The minimum absolute atomic E-state index is 0.270. The van der Waals surface area contributed by atoms with Crippen LogP contribution in [0.5, 0.6) is 0 Å². The van der Waals surface area contributed by atoms with Gasteiger partial charge in [-0.25, -0.2) is 14.4 Å². The van der Waals surface area contributed by atoms with E-state index in [2.05, 4.69) is 34.3 Å². The molecule has 0 aliphatic carbocycles. The number of anilines is 1. The number of aromatic nitrogens is 3. The number of nitrogens with one attached hydrogen (secondary N) is 1. The first kappa shape index (κ1) is 24.0. The molecule has 2 aromatic carbocycles. The van der Waals surface area contributed by atoms with Crippen molar-refractivity contribution in [2.24, 2.45) is 5.73 Å². The van der Waals surface area contributed by atoms with Crippen LogP contribution in [0.1, 0.15) is 32.3 Å². The van der Waals surface area contributed by atoms with Crippen LogP contribution in [0.3, 0.4) is 0 Å². The van der Waals surface area contributed by atoms with Crippen LogP contribution in [-0.2, 0) is 0 Å². The van der Waals surface area contributed by atoms with Gasteiger partial charge in [0.1, 0.15) is 5.82 Å². The zero-order valence-electron chi connectivity index (χ0n) is 19.2. The van der Waals surface area contributed by atoms with Gasteiger partial charge in [0.2, 0.25) is 5.95 Å². The van der Waals surface area contributed by atoms with E-state index in [1.165, 1.54) is 17.7 Å². The molecule has 2 heterocycles. The summed E-state index contributed by atoms with van der Waals surface area (Å²) in [6.45, 7) is 6.77. The van der Waals surface area contributed by atoms with E-state index in [0.29, 0.717) is 17.9 Å². The Bertz CT molecular complexity index is 1110. The van der Waals surface area contributed by atoms with Gasteiger partial charge in [-0.1, -0.05) is 63.2 Å². The lowest BCUT2D eigenvalue weighted by Crippen LogP contribution is -2.12. The van der Waals surface area contributed by atoms with Gasteiger partial charge in [-0.2, -0.15) is 0 Å². The second-order valence-corrected chi connectivity index (χ2v) is 8.14. The van der Waals surface area contributed by atoms with Crippen LogP contribution in [0, 0.1) is 5.82 Å². The quantitative estimate of drug-likeness (QED) is 0.387. The van der Waals surface area contributed by atoms with Crippen molar-refractivity contribution in [3.63, 3.8) is 0 Å². The smallest absolute Gasteiger partial charge is 0.223 e. The molecule has 4 aromatic rings. The van der Waals surface area contributed by atoms with Crippen LogP contribution in [0.25, 0.3) is 22.4 Å². The molecule has 0 saturated heterocycles. The van der Waals surface area contributed by atoms with Crippen LogP contribution in [0.15, 0.2) is 85.3 Å². The lowest BCUT2D eigenvalue weighted by atomic mass is 10.0. The SMILES string of the molecule is CC(C)N.CC(CNc1ncc(-c2ccc(F)cc2)c(-c2ccncc2)n1)c1ccccc1. The highest BCUT2D eigenvalue weighted by molar-refractivity contribution is 5.80. The Morgan fingerprint density at radius 2 is 1.52 bits per heavy atom. The molecule has 3 N–H and O–H groups in total. The van der Waals surface area contributed by atoms with E-state index >= 15 is 0 Å². The predicted octanol–water partition coefficient (Wildman–Crippen LogP) is 5.91. The van der Waals surface area contributed by atoms with Gasteiger partial charge in [0.05, 0.1) is 5.69 Å². The maximum atomic E-state index is 13.4. The number of rotatable bonds is 6. The molecule has 5 nitrogen and oxygen atoms in total. The molecule has 0 fully saturated rings. The number of halogens is 1. The Kier molecular flexibility index (Phi) is 8.61.